The Hall–Kier alpha value is -2.06. The molecule has 1 aliphatic carbocycles. The molecule has 0 unspecified atom stereocenters. The van der Waals surface area contributed by atoms with Crippen LogP contribution >= 0.6 is 0 Å². The lowest BCUT2D eigenvalue weighted by atomic mass is 9.90. The van der Waals surface area contributed by atoms with Crippen molar-refractivity contribution in [1.29, 1.82) is 0 Å². The molecule has 0 saturated carbocycles. The summed E-state index contributed by atoms with van der Waals surface area (Å²) in [6.45, 7) is 0.651. The third kappa shape index (κ3) is 3.40. The number of ether oxygens (including phenoxy) is 2. The van der Waals surface area contributed by atoms with E-state index in [1.54, 1.807) is 7.11 Å². The van der Waals surface area contributed by atoms with Gasteiger partial charge in [0.2, 0.25) is 0 Å². The summed E-state index contributed by atoms with van der Waals surface area (Å²) in [5.41, 5.74) is 3.63. The number of allylic oxidation sites excluding steroid dienone is 1. The van der Waals surface area contributed by atoms with Crippen LogP contribution in [0, 0.1) is 0 Å². The van der Waals surface area contributed by atoms with Crippen molar-refractivity contribution in [3.8, 4) is 5.75 Å². The molecular weight excluding hydrogens is 272 g/mol. The van der Waals surface area contributed by atoms with Gasteiger partial charge in [0.15, 0.2) is 0 Å². The highest BCUT2D eigenvalue weighted by atomic mass is 16.5. The van der Waals surface area contributed by atoms with Gasteiger partial charge < -0.3 is 9.47 Å². The van der Waals surface area contributed by atoms with Crippen LogP contribution in [0.25, 0.3) is 5.57 Å². The molecule has 0 amide bonds. The van der Waals surface area contributed by atoms with Crippen LogP contribution in [0.2, 0.25) is 0 Å². The van der Waals surface area contributed by atoms with Crippen LogP contribution in [0.1, 0.15) is 30.4 Å². The molecule has 2 aromatic rings. The lowest BCUT2D eigenvalue weighted by Crippen LogP contribution is -2.18. The van der Waals surface area contributed by atoms with Crippen molar-refractivity contribution >= 4 is 5.57 Å². The van der Waals surface area contributed by atoms with E-state index in [0.29, 0.717) is 6.61 Å². The molecule has 2 aromatic carbocycles. The summed E-state index contributed by atoms with van der Waals surface area (Å²) >= 11 is 0. The quantitative estimate of drug-likeness (QED) is 0.785. The van der Waals surface area contributed by atoms with Crippen molar-refractivity contribution in [3.05, 3.63) is 71.8 Å². The molecule has 0 aromatic heterocycles. The van der Waals surface area contributed by atoms with Gasteiger partial charge in [0, 0.05) is 5.56 Å². The maximum atomic E-state index is 6.21. The Balaban J connectivity index is 1.78. The van der Waals surface area contributed by atoms with Gasteiger partial charge in [-0.3, -0.25) is 0 Å². The van der Waals surface area contributed by atoms with Crippen molar-refractivity contribution in [2.45, 2.75) is 32.0 Å². The smallest absolute Gasteiger partial charge is 0.126 e. The monoisotopic (exact) mass is 294 g/mol. The first-order chi connectivity index (χ1) is 10.9. The third-order valence-electron chi connectivity index (χ3n) is 4.09. The topological polar surface area (TPSA) is 18.5 Å². The maximum Gasteiger partial charge on any atom is 0.126 e. The standard InChI is InChI=1S/C20H22O2/c1-21-19-13-7-5-11-17(19)18-12-6-8-14-20(18)22-15-16-9-3-2-4-10-16/h2-5,7,9-13,20H,6,8,14-15H2,1H3/t20-/m1/s1. The zero-order valence-electron chi connectivity index (χ0n) is 13.0. The number of para-hydroxylation sites is 1. The van der Waals surface area contributed by atoms with Crippen LogP contribution in [-0.2, 0) is 11.3 Å². The first-order valence-electron chi connectivity index (χ1n) is 7.87. The molecule has 0 heterocycles. The van der Waals surface area contributed by atoms with Gasteiger partial charge in [0.1, 0.15) is 5.75 Å². The fourth-order valence-electron chi connectivity index (χ4n) is 2.96. The summed E-state index contributed by atoms with van der Waals surface area (Å²) in [6.07, 6.45) is 5.80. The second-order valence-electron chi connectivity index (χ2n) is 5.58. The highest BCUT2D eigenvalue weighted by Gasteiger charge is 2.22. The van der Waals surface area contributed by atoms with Crippen LogP contribution in [0.4, 0.5) is 0 Å². The Morgan fingerprint density at radius 2 is 1.77 bits per heavy atom. The Bertz CT molecular complexity index is 631. The van der Waals surface area contributed by atoms with E-state index in [2.05, 4.69) is 42.5 Å². The van der Waals surface area contributed by atoms with Crippen molar-refractivity contribution in [2.75, 3.05) is 7.11 Å². The second-order valence-corrected chi connectivity index (χ2v) is 5.58. The fraction of sp³-hybridized carbons (Fsp3) is 0.300. The molecule has 0 spiro atoms. The van der Waals surface area contributed by atoms with Gasteiger partial charge in [-0.2, -0.15) is 0 Å². The number of methoxy groups -OCH3 is 1. The third-order valence-corrected chi connectivity index (χ3v) is 4.09. The molecule has 0 fully saturated rings. The first-order valence-corrected chi connectivity index (χ1v) is 7.87. The van der Waals surface area contributed by atoms with E-state index in [-0.39, 0.29) is 6.10 Å². The van der Waals surface area contributed by atoms with Gasteiger partial charge in [0.05, 0.1) is 19.8 Å². The highest BCUT2D eigenvalue weighted by molar-refractivity contribution is 5.73. The summed E-state index contributed by atoms with van der Waals surface area (Å²) in [6, 6.07) is 18.5. The molecule has 0 saturated heterocycles. The van der Waals surface area contributed by atoms with E-state index in [0.717, 1.165) is 24.2 Å². The molecule has 0 bridgehead atoms. The maximum absolute atomic E-state index is 6.21. The SMILES string of the molecule is COc1ccccc1C1=CCCC[C@H]1OCc1ccccc1. The molecule has 0 N–H and O–H groups in total. The molecule has 1 atom stereocenters. The molecule has 2 heteroatoms. The van der Waals surface area contributed by atoms with Crippen LogP contribution in [-0.4, -0.2) is 13.2 Å². The average Bonchev–Trinajstić information content (AvgIpc) is 2.61. The summed E-state index contributed by atoms with van der Waals surface area (Å²) in [4.78, 5) is 0. The molecule has 2 nitrogen and oxygen atoms in total. The van der Waals surface area contributed by atoms with E-state index in [1.807, 2.05) is 18.2 Å². The van der Waals surface area contributed by atoms with Crippen LogP contribution in [0.3, 0.4) is 0 Å². The summed E-state index contributed by atoms with van der Waals surface area (Å²) in [5.74, 6) is 0.920. The predicted octanol–water partition coefficient (Wildman–Crippen LogP) is 4.85. The largest absolute Gasteiger partial charge is 0.496 e. The minimum atomic E-state index is 0.144. The van der Waals surface area contributed by atoms with Crippen LogP contribution < -0.4 is 4.74 Å². The Morgan fingerprint density at radius 3 is 2.59 bits per heavy atom. The average molecular weight is 294 g/mol. The van der Waals surface area contributed by atoms with E-state index in [9.17, 15) is 0 Å². The van der Waals surface area contributed by atoms with E-state index >= 15 is 0 Å². The first kappa shape index (κ1) is 14.9. The highest BCUT2D eigenvalue weighted by Crippen LogP contribution is 2.35. The minimum absolute atomic E-state index is 0.144. The molecule has 114 valence electrons. The van der Waals surface area contributed by atoms with E-state index < -0.39 is 0 Å². The zero-order chi connectivity index (χ0) is 15.2. The number of benzene rings is 2. The van der Waals surface area contributed by atoms with Gasteiger partial charge >= 0.3 is 0 Å². The normalized spacial score (nSPS) is 17.9. The fourth-order valence-corrected chi connectivity index (χ4v) is 2.96. The molecule has 0 aliphatic heterocycles. The van der Waals surface area contributed by atoms with Crippen LogP contribution in [0.5, 0.6) is 5.75 Å². The van der Waals surface area contributed by atoms with E-state index in [1.165, 1.54) is 17.6 Å². The molecule has 3 rings (SSSR count). The van der Waals surface area contributed by atoms with Gasteiger partial charge in [-0.05, 0) is 36.5 Å². The summed E-state index contributed by atoms with van der Waals surface area (Å²) < 4.78 is 11.7. The molecule has 1 aliphatic rings. The zero-order valence-corrected chi connectivity index (χ0v) is 13.0. The second kappa shape index (κ2) is 7.28. The predicted molar refractivity (Wildman–Crippen MR) is 89.8 cm³/mol. The number of hydrogen-bond acceptors (Lipinski definition) is 2. The lowest BCUT2D eigenvalue weighted by Gasteiger charge is -2.26. The number of rotatable bonds is 5. The van der Waals surface area contributed by atoms with Crippen molar-refractivity contribution in [2.24, 2.45) is 0 Å². The Kier molecular flexibility index (Phi) is 4.92. The van der Waals surface area contributed by atoms with E-state index in [4.69, 9.17) is 9.47 Å². The Morgan fingerprint density at radius 1 is 1.00 bits per heavy atom. The van der Waals surface area contributed by atoms with Crippen molar-refractivity contribution < 1.29 is 9.47 Å². The Labute approximate surface area is 132 Å². The van der Waals surface area contributed by atoms with Crippen molar-refractivity contribution in [1.82, 2.24) is 0 Å². The van der Waals surface area contributed by atoms with Gasteiger partial charge in [-0.1, -0.05) is 54.6 Å². The van der Waals surface area contributed by atoms with Crippen molar-refractivity contribution in [3.63, 3.8) is 0 Å². The number of hydrogen-bond donors (Lipinski definition) is 0. The summed E-state index contributed by atoms with van der Waals surface area (Å²) in [7, 11) is 1.72. The lowest BCUT2D eigenvalue weighted by molar-refractivity contribution is 0.0692. The van der Waals surface area contributed by atoms with Gasteiger partial charge in [0.25, 0.3) is 0 Å². The summed E-state index contributed by atoms with van der Waals surface area (Å²) in [5, 5.41) is 0. The minimum Gasteiger partial charge on any atom is -0.496 e. The van der Waals surface area contributed by atoms with Gasteiger partial charge in [-0.25, -0.2) is 0 Å². The van der Waals surface area contributed by atoms with Crippen LogP contribution in [0.15, 0.2) is 60.7 Å². The molecule has 0 radical (unpaired) electrons. The van der Waals surface area contributed by atoms with Gasteiger partial charge in [-0.15, -0.1) is 0 Å². The molecule has 22 heavy (non-hydrogen) atoms. The molecular formula is C20H22O2.